The second kappa shape index (κ2) is 7.55. The van der Waals surface area contributed by atoms with E-state index in [2.05, 4.69) is 10.5 Å². The molecule has 1 saturated heterocycles. The molecule has 1 aromatic heterocycles. The summed E-state index contributed by atoms with van der Waals surface area (Å²) in [5.74, 6) is -0.364. The molecule has 0 unspecified atom stereocenters. The zero-order valence-corrected chi connectivity index (χ0v) is 16.2. The molecule has 1 fully saturated rings. The highest BCUT2D eigenvalue weighted by atomic mass is 19.1. The summed E-state index contributed by atoms with van der Waals surface area (Å²) >= 11 is 0. The number of nitrogens with one attached hydrogen (secondary N) is 1. The van der Waals surface area contributed by atoms with Gasteiger partial charge in [-0.2, -0.15) is 0 Å². The Morgan fingerprint density at radius 3 is 2.73 bits per heavy atom. The van der Waals surface area contributed by atoms with Gasteiger partial charge in [-0.15, -0.1) is 0 Å². The minimum atomic E-state index is -0.454. The van der Waals surface area contributed by atoms with E-state index in [4.69, 9.17) is 15.0 Å². The number of fused-ring (bicyclic) bond motifs is 3. The molecule has 0 radical (unpaired) electrons. The summed E-state index contributed by atoms with van der Waals surface area (Å²) in [5.41, 5.74) is 10.6. The van der Waals surface area contributed by atoms with Gasteiger partial charge in [0, 0.05) is 30.8 Å². The highest BCUT2D eigenvalue weighted by Gasteiger charge is 2.47. The van der Waals surface area contributed by atoms with E-state index >= 15 is 0 Å². The predicted molar refractivity (Wildman–Crippen MR) is 108 cm³/mol. The van der Waals surface area contributed by atoms with Crippen LogP contribution >= 0.6 is 0 Å². The number of hydrogen-bond acceptors (Lipinski definition) is 6. The normalized spacial score (nSPS) is 19.7. The minimum absolute atomic E-state index is 0.161. The summed E-state index contributed by atoms with van der Waals surface area (Å²) < 4.78 is 25.0. The Bertz CT molecular complexity index is 1070. The summed E-state index contributed by atoms with van der Waals surface area (Å²) in [5, 5.41) is 6.98. The van der Waals surface area contributed by atoms with E-state index in [1.54, 1.807) is 12.5 Å². The second-order valence-electron chi connectivity index (χ2n) is 7.59. The topological polar surface area (TPSA) is 93.6 Å². The Morgan fingerprint density at radius 2 is 2.00 bits per heavy atom. The van der Waals surface area contributed by atoms with E-state index in [1.165, 1.54) is 11.0 Å². The molecule has 0 saturated carbocycles. The fourth-order valence-corrected chi connectivity index (χ4v) is 4.18. The molecule has 8 heteroatoms. The lowest BCUT2D eigenvalue weighted by molar-refractivity contribution is 0.135. The Kier molecular flexibility index (Phi) is 4.72. The number of amides is 1. The first-order valence-corrected chi connectivity index (χ1v) is 9.84. The molecule has 2 aliphatic heterocycles. The van der Waals surface area contributed by atoms with Crippen molar-refractivity contribution in [3.63, 3.8) is 0 Å². The largest absolute Gasteiger partial charge is 0.442 e. The van der Waals surface area contributed by atoms with Crippen LogP contribution in [0.2, 0.25) is 0 Å². The van der Waals surface area contributed by atoms with Crippen LogP contribution in [0.5, 0.6) is 0 Å². The van der Waals surface area contributed by atoms with Crippen LogP contribution < -0.4 is 16.0 Å². The number of ether oxygens (including phenoxy) is 1. The maximum Gasteiger partial charge on any atom is 0.415 e. The van der Waals surface area contributed by atoms with Crippen molar-refractivity contribution < 1.29 is 18.4 Å². The van der Waals surface area contributed by atoms with Gasteiger partial charge < -0.3 is 20.3 Å². The summed E-state index contributed by atoms with van der Waals surface area (Å²) in [6, 6.07) is 10.9. The van der Waals surface area contributed by atoms with Crippen molar-refractivity contribution in [2.75, 3.05) is 11.4 Å². The van der Waals surface area contributed by atoms with Crippen molar-refractivity contribution in [2.24, 2.45) is 5.73 Å². The summed E-state index contributed by atoms with van der Waals surface area (Å²) in [7, 11) is 0. The molecule has 0 spiro atoms. The van der Waals surface area contributed by atoms with Crippen LogP contribution in [-0.2, 0) is 24.2 Å². The molecule has 0 aliphatic carbocycles. The van der Waals surface area contributed by atoms with Gasteiger partial charge in [-0.3, -0.25) is 4.90 Å². The van der Waals surface area contributed by atoms with Gasteiger partial charge in [0.25, 0.3) is 0 Å². The zero-order chi connectivity index (χ0) is 20.7. The molecule has 3 aromatic rings. The van der Waals surface area contributed by atoms with Gasteiger partial charge in [0.15, 0.2) is 0 Å². The molecular weight excluding hydrogens is 387 g/mol. The van der Waals surface area contributed by atoms with Crippen molar-refractivity contribution in [1.82, 2.24) is 10.5 Å². The molecule has 7 nitrogen and oxygen atoms in total. The van der Waals surface area contributed by atoms with Crippen molar-refractivity contribution in [2.45, 2.75) is 31.7 Å². The fraction of sp³-hybridized carbons (Fsp3) is 0.273. The number of nitrogens with two attached hydrogens (primary N) is 1. The number of aromatic nitrogens is 1. The molecule has 2 aromatic carbocycles. The average molecular weight is 408 g/mol. The average Bonchev–Trinajstić information content (AvgIpc) is 3.46. The van der Waals surface area contributed by atoms with E-state index in [9.17, 15) is 9.18 Å². The molecule has 5 rings (SSSR count). The van der Waals surface area contributed by atoms with Gasteiger partial charge in [-0.05, 0) is 35.2 Å². The van der Waals surface area contributed by atoms with Crippen molar-refractivity contribution in [3.05, 3.63) is 71.4 Å². The molecule has 1 amide bonds. The van der Waals surface area contributed by atoms with E-state index in [0.29, 0.717) is 30.8 Å². The van der Waals surface area contributed by atoms with Gasteiger partial charge >= 0.3 is 6.09 Å². The number of anilines is 1. The second-order valence-corrected chi connectivity index (χ2v) is 7.59. The van der Waals surface area contributed by atoms with Crippen molar-refractivity contribution >= 4 is 11.8 Å². The number of nitrogens with zero attached hydrogens (tertiary/aromatic N) is 2. The lowest BCUT2D eigenvalue weighted by Gasteiger charge is -2.15. The van der Waals surface area contributed by atoms with Crippen molar-refractivity contribution in [1.29, 1.82) is 0 Å². The van der Waals surface area contributed by atoms with Gasteiger partial charge in [-0.25, -0.2) is 9.18 Å². The van der Waals surface area contributed by atoms with Gasteiger partial charge in [-0.1, -0.05) is 29.4 Å². The van der Waals surface area contributed by atoms with Crippen LogP contribution in [0.25, 0.3) is 11.1 Å². The monoisotopic (exact) mass is 408 g/mol. The maximum atomic E-state index is 14.9. The molecule has 2 atom stereocenters. The van der Waals surface area contributed by atoms with Crippen LogP contribution in [0.1, 0.15) is 16.7 Å². The predicted octanol–water partition coefficient (Wildman–Crippen LogP) is 2.98. The van der Waals surface area contributed by atoms with Crippen LogP contribution in [0.3, 0.4) is 0 Å². The third-order valence-corrected chi connectivity index (χ3v) is 5.71. The molecule has 30 heavy (non-hydrogen) atoms. The molecule has 3 N–H and O–H groups in total. The lowest BCUT2D eigenvalue weighted by Crippen LogP contribution is -2.37. The molecule has 154 valence electrons. The third-order valence-electron chi connectivity index (χ3n) is 5.71. The number of carbonyl (C=O) groups is 1. The van der Waals surface area contributed by atoms with E-state index in [1.807, 2.05) is 30.3 Å². The van der Waals surface area contributed by atoms with Crippen LogP contribution in [-0.4, -0.2) is 29.9 Å². The first kappa shape index (κ1) is 18.8. The molecular formula is C22H21FN4O3. The number of cyclic esters (lactones) is 1. The SMILES string of the molecule is NC[C@@H]1OC(=O)N2c3cc(F)c(-c4ccc(CNCc5cnoc5)cc4)cc3C[C@@H]12. The molecule has 0 bridgehead atoms. The highest BCUT2D eigenvalue weighted by molar-refractivity contribution is 5.94. The summed E-state index contributed by atoms with van der Waals surface area (Å²) in [6.07, 6.45) is 3.08. The Balaban J connectivity index is 1.33. The standard InChI is InChI=1S/C22H21FN4O3/c23-18-7-19-16(6-20-21(8-24)30-22(28)27(19)20)5-17(18)15-3-1-13(2-4-15)9-25-10-14-11-26-29-12-14/h1-5,7,11-12,20-21,25H,6,8-10,24H2/t20-,21-/m0/s1. The highest BCUT2D eigenvalue weighted by Crippen LogP contribution is 2.41. The van der Waals surface area contributed by atoms with Gasteiger partial charge in [0.1, 0.15) is 18.2 Å². The zero-order valence-electron chi connectivity index (χ0n) is 16.2. The number of carbonyl (C=O) groups excluding carboxylic acids is 1. The summed E-state index contributed by atoms with van der Waals surface area (Å²) in [4.78, 5) is 13.7. The van der Waals surface area contributed by atoms with Crippen LogP contribution in [0.15, 0.2) is 53.4 Å². The number of hydrogen-bond donors (Lipinski definition) is 2. The smallest absolute Gasteiger partial charge is 0.415 e. The van der Waals surface area contributed by atoms with E-state index in [0.717, 1.165) is 22.3 Å². The minimum Gasteiger partial charge on any atom is -0.442 e. The van der Waals surface area contributed by atoms with Gasteiger partial charge in [0.05, 0.1) is 17.9 Å². The first-order chi connectivity index (χ1) is 14.6. The lowest BCUT2D eigenvalue weighted by atomic mass is 9.98. The summed E-state index contributed by atoms with van der Waals surface area (Å²) in [6.45, 7) is 1.59. The molecule has 3 heterocycles. The van der Waals surface area contributed by atoms with Crippen LogP contribution in [0.4, 0.5) is 14.9 Å². The van der Waals surface area contributed by atoms with Gasteiger partial charge in [0.2, 0.25) is 0 Å². The first-order valence-electron chi connectivity index (χ1n) is 9.84. The fourth-order valence-electron chi connectivity index (χ4n) is 4.18. The van der Waals surface area contributed by atoms with Crippen LogP contribution in [0, 0.1) is 5.82 Å². The number of halogens is 1. The van der Waals surface area contributed by atoms with E-state index < -0.39 is 6.09 Å². The van der Waals surface area contributed by atoms with E-state index in [-0.39, 0.29) is 24.5 Å². The maximum absolute atomic E-state index is 14.9. The quantitative estimate of drug-likeness (QED) is 0.651. The molecule has 2 aliphatic rings. The van der Waals surface area contributed by atoms with Crippen molar-refractivity contribution in [3.8, 4) is 11.1 Å². The third kappa shape index (κ3) is 3.24. The Hall–Kier alpha value is -3.23. The number of benzene rings is 2. The number of rotatable bonds is 6. The Morgan fingerprint density at radius 1 is 1.20 bits per heavy atom. The Labute approximate surface area is 172 Å².